The number of aliphatic hydroxyl groups is 2. The van der Waals surface area contributed by atoms with E-state index in [0.717, 1.165) is 31.5 Å². The molecule has 4 atom stereocenters. The molecule has 4 saturated carbocycles. The molecule has 25 heavy (non-hydrogen) atoms. The van der Waals surface area contributed by atoms with Crippen molar-refractivity contribution in [2.24, 2.45) is 28.9 Å². The lowest BCUT2D eigenvalue weighted by atomic mass is 9.45. The van der Waals surface area contributed by atoms with Gasteiger partial charge < -0.3 is 20.7 Å². The van der Waals surface area contributed by atoms with Crippen molar-refractivity contribution in [2.45, 2.75) is 89.4 Å². The Bertz CT molecular complexity index is 510. The third-order valence-electron chi connectivity index (χ3n) is 6.22. The minimum atomic E-state index is -0.783. The minimum Gasteiger partial charge on any atom is -0.390 e. The molecule has 0 saturated heterocycles. The SMILES string of the molecule is CC(C)CC(C)CC#N.NC(C=O)C12CC3CC(O)(CC(O)(C3)C1)C2. The molecule has 4 aliphatic rings. The fourth-order valence-electron chi connectivity index (χ4n) is 5.97. The first kappa shape index (κ1) is 20.4. The van der Waals surface area contributed by atoms with Crippen LogP contribution in [0.5, 0.6) is 0 Å². The van der Waals surface area contributed by atoms with Crippen molar-refractivity contribution in [1.29, 1.82) is 5.26 Å². The number of hydrogen-bond acceptors (Lipinski definition) is 5. The van der Waals surface area contributed by atoms with Crippen LogP contribution in [0.15, 0.2) is 0 Å². The van der Waals surface area contributed by atoms with Gasteiger partial charge in [-0.05, 0) is 61.7 Å². The molecule has 4 bridgehead atoms. The standard InChI is InChI=1S/C12H19NO3.C8H15N/c13-9(4-14)10-1-8-2-11(15,5-10)7-12(16,3-8)6-10;1-7(2)6-8(3)4-5-9/h4,8-9,15-16H,1-3,5-7,13H2;7-8H,4,6H2,1-3H3. The molecule has 0 radical (unpaired) electrons. The molecule has 0 heterocycles. The minimum absolute atomic E-state index is 0.331. The fourth-order valence-corrected chi connectivity index (χ4v) is 5.97. The highest BCUT2D eigenvalue weighted by molar-refractivity contribution is 5.59. The lowest BCUT2D eigenvalue weighted by Crippen LogP contribution is -2.67. The largest absolute Gasteiger partial charge is 0.390 e. The number of nitrogens with zero attached hydrogens (tertiary/aromatic N) is 1. The van der Waals surface area contributed by atoms with E-state index in [1.54, 1.807) is 0 Å². The van der Waals surface area contributed by atoms with Gasteiger partial charge in [-0.25, -0.2) is 0 Å². The molecule has 0 aromatic carbocycles. The molecule has 5 heteroatoms. The van der Waals surface area contributed by atoms with Gasteiger partial charge in [-0.15, -0.1) is 0 Å². The first-order valence-corrected chi connectivity index (χ1v) is 9.58. The number of aldehydes is 1. The van der Waals surface area contributed by atoms with Crippen molar-refractivity contribution in [2.75, 3.05) is 0 Å². The van der Waals surface area contributed by atoms with E-state index in [1.807, 2.05) is 0 Å². The highest BCUT2D eigenvalue weighted by Crippen LogP contribution is 2.63. The van der Waals surface area contributed by atoms with Gasteiger partial charge >= 0.3 is 0 Å². The lowest BCUT2D eigenvalue weighted by Gasteiger charge is -2.64. The van der Waals surface area contributed by atoms with E-state index in [0.29, 0.717) is 37.5 Å². The normalized spacial score (nSPS) is 40.8. The van der Waals surface area contributed by atoms with Crippen LogP contribution in [0.1, 0.15) is 72.1 Å². The molecule has 4 rings (SSSR count). The number of rotatable bonds is 5. The average Bonchev–Trinajstić information content (AvgIpc) is 2.42. The summed E-state index contributed by atoms with van der Waals surface area (Å²) in [5.74, 6) is 1.64. The van der Waals surface area contributed by atoms with Gasteiger partial charge in [0.25, 0.3) is 0 Å². The highest BCUT2D eigenvalue weighted by atomic mass is 16.3. The van der Waals surface area contributed by atoms with E-state index < -0.39 is 17.2 Å². The first-order chi connectivity index (χ1) is 11.6. The van der Waals surface area contributed by atoms with Crippen LogP contribution in [-0.4, -0.2) is 33.7 Å². The van der Waals surface area contributed by atoms with Crippen molar-refractivity contribution in [3.05, 3.63) is 0 Å². The smallest absolute Gasteiger partial charge is 0.137 e. The summed E-state index contributed by atoms with van der Waals surface area (Å²) in [5, 5.41) is 29.2. The Morgan fingerprint density at radius 2 is 1.72 bits per heavy atom. The van der Waals surface area contributed by atoms with Crippen molar-refractivity contribution in [1.82, 2.24) is 0 Å². The molecule has 4 N–H and O–H groups in total. The molecule has 0 aromatic rings. The van der Waals surface area contributed by atoms with E-state index in [9.17, 15) is 15.0 Å². The zero-order chi connectivity index (χ0) is 18.9. The van der Waals surface area contributed by atoms with Crippen molar-refractivity contribution < 1.29 is 15.0 Å². The maximum Gasteiger partial charge on any atom is 0.137 e. The maximum atomic E-state index is 10.9. The van der Waals surface area contributed by atoms with E-state index in [-0.39, 0.29) is 5.41 Å². The molecule has 0 aromatic heterocycles. The van der Waals surface area contributed by atoms with Gasteiger partial charge in [0.1, 0.15) is 6.29 Å². The Morgan fingerprint density at radius 1 is 1.16 bits per heavy atom. The quantitative estimate of drug-likeness (QED) is 0.660. The van der Waals surface area contributed by atoms with Gasteiger partial charge in [0.2, 0.25) is 0 Å². The third kappa shape index (κ3) is 4.61. The van der Waals surface area contributed by atoms with Gasteiger partial charge in [0.05, 0.1) is 23.3 Å². The molecule has 0 spiro atoms. The Morgan fingerprint density at radius 3 is 2.12 bits per heavy atom. The highest BCUT2D eigenvalue weighted by Gasteiger charge is 2.64. The number of nitriles is 1. The Labute approximate surface area is 151 Å². The van der Waals surface area contributed by atoms with Crippen LogP contribution in [-0.2, 0) is 4.79 Å². The first-order valence-electron chi connectivity index (χ1n) is 9.58. The zero-order valence-corrected chi connectivity index (χ0v) is 15.9. The summed E-state index contributed by atoms with van der Waals surface area (Å²) in [7, 11) is 0. The van der Waals surface area contributed by atoms with Crippen LogP contribution in [0.3, 0.4) is 0 Å². The molecule has 142 valence electrons. The number of nitrogens with two attached hydrogens (primary N) is 1. The van der Waals surface area contributed by atoms with Crippen LogP contribution < -0.4 is 5.73 Å². The third-order valence-corrected chi connectivity index (χ3v) is 6.22. The summed E-state index contributed by atoms with van der Waals surface area (Å²) in [6.07, 6.45) is 6.70. The van der Waals surface area contributed by atoms with Gasteiger partial charge in [-0.1, -0.05) is 20.8 Å². The van der Waals surface area contributed by atoms with Crippen LogP contribution in [0.25, 0.3) is 0 Å². The predicted octanol–water partition coefficient (Wildman–Crippen LogP) is 2.54. The molecule has 4 unspecified atom stereocenters. The van der Waals surface area contributed by atoms with E-state index >= 15 is 0 Å². The lowest BCUT2D eigenvalue weighted by molar-refractivity contribution is -0.232. The van der Waals surface area contributed by atoms with Crippen LogP contribution in [0.2, 0.25) is 0 Å². The topological polar surface area (TPSA) is 107 Å². The average molecular weight is 351 g/mol. The summed E-state index contributed by atoms with van der Waals surface area (Å²) in [4.78, 5) is 10.9. The molecular weight excluding hydrogens is 316 g/mol. The van der Waals surface area contributed by atoms with Gasteiger partial charge in [0, 0.05) is 12.8 Å². The molecular formula is C20H34N2O3. The maximum absolute atomic E-state index is 10.9. The summed E-state index contributed by atoms with van der Waals surface area (Å²) in [5.41, 5.74) is 3.98. The molecule has 0 amide bonds. The van der Waals surface area contributed by atoms with Crippen molar-refractivity contribution in [3.63, 3.8) is 0 Å². The second kappa shape index (κ2) is 7.34. The summed E-state index contributed by atoms with van der Waals surface area (Å²) in [6, 6.07) is 1.63. The second-order valence-electron chi connectivity index (χ2n) is 9.58. The summed E-state index contributed by atoms with van der Waals surface area (Å²) >= 11 is 0. The fraction of sp³-hybridized carbons (Fsp3) is 0.900. The Hall–Kier alpha value is -0.960. The zero-order valence-electron chi connectivity index (χ0n) is 15.9. The van der Waals surface area contributed by atoms with Gasteiger partial charge in [-0.3, -0.25) is 0 Å². The van der Waals surface area contributed by atoms with Gasteiger partial charge in [0.15, 0.2) is 0 Å². The Balaban J connectivity index is 0.000000217. The number of carbonyl (C=O) groups excluding carboxylic acids is 1. The van der Waals surface area contributed by atoms with Crippen LogP contribution in [0.4, 0.5) is 0 Å². The van der Waals surface area contributed by atoms with E-state index in [4.69, 9.17) is 11.0 Å². The summed E-state index contributed by atoms with van der Waals surface area (Å²) < 4.78 is 0. The molecule has 4 aliphatic carbocycles. The van der Waals surface area contributed by atoms with Crippen molar-refractivity contribution in [3.8, 4) is 6.07 Å². The molecule has 4 fully saturated rings. The summed E-state index contributed by atoms with van der Waals surface area (Å²) in [6.45, 7) is 6.50. The van der Waals surface area contributed by atoms with Gasteiger partial charge in [-0.2, -0.15) is 5.26 Å². The molecule has 5 nitrogen and oxygen atoms in total. The van der Waals surface area contributed by atoms with Crippen molar-refractivity contribution >= 4 is 6.29 Å². The predicted molar refractivity (Wildman–Crippen MR) is 96.4 cm³/mol. The number of carbonyl (C=O) groups is 1. The number of hydrogen-bond donors (Lipinski definition) is 3. The van der Waals surface area contributed by atoms with E-state index in [2.05, 4.69) is 26.8 Å². The van der Waals surface area contributed by atoms with Crippen LogP contribution in [0, 0.1) is 34.5 Å². The van der Waals surface area contributed by atoms with E-state index in [1.165, 1.54) is 6.42 Å². The molecule has 0 aliphatic heterocycles. The monoisotopic (exact) mass is 350 g/mol. The Kier molecular flexibility index (Phi) is 5.98. The van der Waals surface area contributed by atoms with Crippen LogP contribution >= 0.6 is 0 Å². The second-order valence-corrected chi connectivity index (χ2v) is 9.58.